The number of fused-ring (bicyclic) bond motifs is 1. The lowest BCUT2D eigenvalue weighted by atomic mass is 10.1. The largest absolute Gasteiger partial charge is 0.330 e. The second kappa shape index (κ2) is 6.53. The second-order valence-corrected chi connectivity index (χ2v) is 4.92. The molecule has 0 aliphatic rings. The number of benzene rings is 2. The first kappa shape index (κ1) is 13.1. The number of rotatable bonds is 6. The Balaban J connectivity index is 1.98. The summed E-state index contributed by atoms with van der Waals surface area (Å²) in [6.07, 6.45) is 2.29. The molecule has 2 aromatic carbocycles. The summed E-state index contributed by atoms with van der Waals surface area (Å²) < 4.78 is 0. The molecule has 0 amide bonds. The van der Waals surface area contributed by atoms with Crippen LogP contribution in [-0.4, -0.2) is 25.0 Å². The van der Waals surface area contributed by atoms with Crippen molar-refractivity contribution in [2.75, 3.05) is 20.1 Å². The summed E-state index contributed by atoms with van der Waals surface area (Å²) >= 11 is 0. The highest BCUT2D eigenvalue weighted by atomic mass is 15.1. The molecule has 2 rings (SSSR count). The SMILES string of the molecule is CN(CCCCN)Cc1ccc2ccccc2c1. The zero-order chi connectivity index (χ0) is 12.8. The first-order chi connectivity index (χ1) is 8.79. The van der Waals surface area contributed by atoms with E-state index in [1.54, 1.807) is 0 Å². The lowest BCUT2D eigenvalue weighted by Gasteiger charge is -2.16. The monoisotopic (exact) mass is 242 g/mol. The van der Waals surface area contributed by atoms with Gasteiger partial charge in [-0.25, -0.2) is 0 Å². The van der Waals surface area contributed by atoms with Gasteiger partial charge in [-0.15, -0.1) is 0 Å². The molecule has 96 valence electrons. The third-order valence-corrected chi connectivity index (χ3v) is 3.26. The van der Waals surface area contributed by atoms with E-state index in [-0.39, 0.29) is 0 Å². The highest BCUT2D eigenvalue weighted by Gasteiger charge is 2.01. The van der Waals surface area contributed by atoms with Crippen LogP contribution < -0.4 is 5.73 Å². The molecule has 0 saturated carbocycles. The molecule has 18 heavy (non-hydrogen) atoms. The van der Waals surface area contributed by atoms with Crippen molar-refractivity contribution in [1.29, 1.82) is 0 Å². The maximum Gasteiger partial charge on any atom is 0.0230 e. The summed E-state index contributed by atoms with van der Waals surface area (Å²) in [6, 6.07) is 15.2. The molecule has 0 saturated heterocycles. The fourth-order valence-electron chi connectivity index (χ4n) is 2.25. The number of hydrogen-bond acceptors (Lipinski definition) is 2. The van der Waals surface area contributed by atoms with E-state index in [0.29, 0.717) is 0 Å². The molecule has 0 bridgehead atoms. The Labute approximate surface area is 109 Å². The molecule has 0 unspecified atom stereocenters. The van der Waals surface area contributed by atoms with E-state index >= 15 is 0 Å². The Morgan fingerprint density at radius 1 is 1.00 bits per heavy atom. The molecule has 2 heteroatoms. The van der Waals surface area contributed by atoms with Gasteiger partial charge < -0.3 is 10.6 Å². The first-order valence-electron chi connectivity index (χ1n) is 6.66. The summed E-state index contributed by atoms with van der Waals surface area (Å²) in [5.74, 6) is 0. The van der Waals surface area contributed by atoms with Gasteiger partial charge in [-0.2, -0.15) is 0 Å². The summed E-state index contributed by atoms with van der Waals surface area (Å²) in [7, 11) is 2.17. The van der Waals surface area contributed by atoms with Gasteiger partial charge in [0.25, 0.3) is 0 Å². The Morgan fingerprint density at radius 3 is 2.56 bits per heavy atom. The molecule has 0 radical (unpaired) electrons. The topological polar surface area (TPSA) is 29.3 Å². The van der Waals surface area contributed by atoms with E-state index in [2.05, 4.69) is 54.4 Å². The Hall–Kier alpha value is -1.38. The summed E-state index contributed by atoms with van der Waals surface area (Å²) in [5, 5.41) is 2.64. The lowest BCUT2D eigenvalue weighted by molar-refractivity contribution is 0.319. The third-order valence-electron chi connectivity index (χ3n) is 3.26. The fourth-order valence-corrected chi connectivity index (χ4v) is 2.25. The van der Waals surface area contributed by atoms with Gasteiger partial charge in [0.05, 0.1) is 0 Å². The molecule has 0 fully saturated rings. The van der Waals surface area contributed by atoms with Crippen LogP contribution in [0.5, 0.6) is 0 Å². The summed E-state index contributed by atoms with van der Waals surface area (Å²) in [4.78, 5) is 2.36. The number of nitrogens with two attached hydrogens (primary N) is 1. The highest BCUT2D eigenvalue weighted by molar-refractivity contribution is 5.82. The van der Waals surface area contributed by atoms with Crippen LogP contribution in [0.1, 0.15) is 18.4 Å². The van der Waals surface area contributed by atoms with Gasteiger partial charge in [-0.1, -0.05) is 36.4 Å². The third kappa shape index (κ3) is 3.56. The molecule has 2 nitrogen and oxygen atoms in total. The standard InChI is InChI=1S/C16H22N2/c1-18(11-5-4-10-17)13-14-8-9-15-6-2-3-7-16(15)12-14/h2-3,6-9,12H,4-5,10-11,13,17H2,1H3. The molecule has 0 spiro atoms. The maximum atomic E-state index is 5.51. The maximum absolute atomic E-state index is 5.51. The molecular weight excluding hydrogens is 220 g/mol. The molecule has 0 aliphatic heterocycles. The van der Waals surface area contributed by atoms with Crippen molar-refractivity contribution in [1.82, 2.24) is 4.90 Å². The van der Waals surface area contributed by atoms with Gasteiger partial charge in [0.2, 0.25) is 0 Å². The predicted molar refractivity (Wildman–Crippen MR) is 78.6 cm³/mol. The van der Waals surface area contributed by atoms with Gasteiger partial charge in [0.15, 0.2) is 0 Å². The number of nitrogens with zero attached hydrogens (tertiary/aromatic N) is 1. The minimum absolute atomic E-state index is 0.795. The first-order valence-corrected chi connectivity index (χ1v) is 6.66. The fraction of sp³-hybridized carbons (Fsp3) is 0.375. The van der Waals surface area contributed by atoms with Crippen molar-refractivity contribution in [2.24, 2.45) is 5.73 Å². The van der Waals surface area contributed by atoms with Crippen LogP contribution in [-0.2, 0) is 6.54 Å². The van der Waals surface area contributed by atoms with Gasteiger partial charge >= 0.3 is 0 Å². The number of hydrogen-bond donors (Lipinski definition) is 1. The molecule has 0 atom stereocenters. The average Bonchev–Trinajstić information content (AvgIpc) is 2.39. The van der Waals surface area contributed by atoms with Crippen LogP contribution in [0, 0.1) is 0 Å². The molecule has 0 aliphatic carbocycles. The van der Waals surface area contributed by atoms with Crippen LogP contribution in [0.4, 0.5) is 0 Å². The van der Waals surface area contributed by atoms with Crippen molar-refractivity contribution in [3.8, 4) is 0 Å². The van der Waals surface area contributed by atoms with Gasteiger partial charge in [-0.05, 0) is 55.4 Å². The van der Waals surface area contributed by atoms with E-state index in [9.17, 15) is 0 Å². The van der Waals surface area contributed by atoms with Crippen LogP contribution in [0.15, 0.2) is 42.5 Å². The van der Waals surface area contributed by atoms with Crippen molar-refractivity contribution >= 4 is 10.8 Å². The Kier molecular flexibility index (Phi) is 4.73. The van der Waals surface area contributed by atoms with E-state index in [0.717, 1.165) is 26.1 Å². The quantitative estimate of drug-likeness (QED) is 0.789. The van der Waals surface area contributed by atoms with Crippen molar-refractivity contribution in [3.05, 3.63) is 48.0 Å². The van der Waals surface area contributed by atoms with E-state index < -0.39 is 0 Å². The molecular formula is C16H22N2. The van der Waals surface area contributed by atoms with Crippen LogP contribution >= 0.6 is 0 Å². The van der Waals surface area contributed by atoms with Gasteiger partial charge in [0, 0.05) is 6.54 Å². The number of unbranched alkanes of at least 4 members (excludes halogenated alkanes) is 1. The molecule has 0 aromatic heterocycles. The minimum atomic E-state index is 0.795. The van der Waals surface area contributed by atoms with Crippen molar-refractivity contribution in [3.63, 3.8) is 0 Å². The molecule has 2 aromatic rings. The van der Waals surface area contributed by atoms with Crippen LogP contribution in [0.25, 0.3) is 10.8 Å². The summed E-state index contributed by atoms with van der Waals surface area (Å²) in [5.41, 5.74) is 6.89. The van der Waals surface area contributed by atoms with Crippen LogP contribution in [0.2, 0.25) is 0 Å². The van der Waals surface area contributed by atoms with E-state index in [1.165, 1.54) is 22.8 Å². The predicted octanol–water partition coefficient (Wildman–Crippen LogP) is 3.01. The molecule has 0 heterocycles. The summed E-state index contributed by atoms with van der Waals surface area (Å²) in [6.45, 7) is 2.92. The molecule has 2 N–H and O–H groups in total. The Morgan fingerprint density at radius 2 is 1.78 bits per heavy atom. The van der Waals surface area contributed by atoms with Crippen LogP contribution in [0.3, 0.4) is 0 Å². The zero-order valence-corrected chi connectivity index (χ0v) is 11.1. The normalized spacial score (nSPS) is 11.3. The highest BCUT2D eigenvalue weighted by Crippen LogP contribution is 2.16. The minimum Gasteiger partial charge on any atom is -0.330 e. The van der Waals surface area contributed by atoms with Gasteiger partial charge in [0.1, 0.15) is 0 Å². The van der Waals surface area contributed by atoms with Gasteiger partial charge in [-0.3, -0.25) is 0 Å². The van der Waals surface area contributed by atoms with E-state index in [4.69, 9.17) is 5.73 Å². The second-order valence-electron chi connectivity index (χ2n) is 4.92. The smallest absolute Gasteiger partial charge is 0.0230 e. The van der Waals surface area contributed by atoms with E-state index in [1.807, 2.05) is 0 Å². The van der Waals surface area contributed by atoms with Crippen molar-refractivity contribution in [2.45, 2.75) is 19.4 Å². The zero-order valence-electron chi connectivity index (χ0n) is 11.1. The Bertz CT molecular complexity index is 493. The van der Waals surface area contributed by atoms with Crippen molar-refractivity contribution < 1.29 is 0 Å². The lowest BCUT2D eigenvalue weighted by Crippen LogP contribution is -2.19. The average molecular weight is 242 g/mol.